The van der Waals surface area contributed by atoms with Crippen LogP contribution in [0.5, 0.6) is 0 Å². The molecule has 120 valence electrons. The third-order valence-electron chi connectivity index (χ3n) is 4.02. The maximum Gasteiger partial charge on any atom is 0.245 e. The zero-order valence-electron chi connectivity index (χ0n) is 12.7. The van der Waals surface area contributed by atoms with Crippen LogP contribution < -0.4 is 10.2 Å². The van der Waals surface area contributed by atoms with E-state index < -0.39 is 0 Å². The molecule has 4 nitrogen and oxygen atoms in total. The summed E-state index contributed by atoms with van der Waals surface area (Å²) in [5.41, 5.74) is 1.89. The molecule has 6 heteroatoms. The molecule has 1 aliphatic rings. The first-order chi connectivity index (χ1) is 11.0. The van der Waals surface area contributed by atoms with Gasteiger partial charge in [0.15, 0.2) is 0 Å². The minimum Gasteiger partial charge on any atom is -0.359 e. The number of nitrogens with zero attached hydrogens (tertiary/aromatic N) is 2. The highest BCUT2D eigenvalue weighted by atomic mass is 79.9. The average molecular weight is 378 g/mol. The lowest BCUT2D eigenvalue weighted by Gasteiger charge is -2.36. The molecule has 1 amide bonds. The Morgan fingerprint density at radius 3 is 3.00 bits per heavy atom. The number of carbonyl (C=O) groups is 1. The summed E-state index contributed by atoms with van der Waals surface area (Å²) in [5, 5.41) is 2.79. The van der Waals surface area contributed by atoms with Crippen molar-refractivity contribution in [3.05, 3.63) is 52.4 Å². The first-order valence-corrected chi connectivity index (χ1v) is 8.29. The molecule has 2 aromatic rings. The summed E-state index contributed by atoms with van der Waals surface area (Å²) in [6.45, 7) is 2.30. The molecular formula is C17H17BrFN3O. The quantitative estimate of drug-likeness (QED) is 0.885. The fourth-order valence-electron chi connectivity index (χ4n) is 2.82. The standard InChI is InChI=1S/C17H17BrFN3O/c1-11-2-3-12-8-14(19)5-6-15(12)22(11)10-17(23)21-16-7-4-13(18)9-20-16/h4-9,11H,2-3,10H2,1H3,(H,20,21,23). The van der Waals surface area contributed by atoms with E-state index in [0.717, 1.165) is 28.6 Å². The van der Waals surface area contributed by atoms with Crippen LogP contribution in [-0.4, -0.2) is 23.5 Å². The van der Waals surface area contributed by atoms with Gasteiger partial charge in [-0.2, -0.15) is 0 Å². The first-order valence-electron chi connectivity index (χ1n) is 7.49. The van der Waals surface area contributed by atoms with Gasteiger partial charge in [0.2, 0.25) is 5.91 Å². The van der Waals surface area contributed by atoms with Crippen molar-refractivity contribution in [2.75, 3.05) is 16.8 Å². The van der Waals surface area contributed by atoms with Crippen LogP contribution in [0.3, 0.4) is 0 Å². The lowest BCUT2D eigenvalue weighted by Crippen LogP contribution is -2.42. The third-order valence-corrected chi connectivity index (χ3v) is 4.49. The van der Waals surface area contributed by atoms with Crippen molar-refractivity contribution in [1.29, 1.82) is 0 Å². The largest absolute Gasteiger partial charge is 0.359 e. The lowest BCUT2D eigenvalue weighted by molar-refractivity contribution is -0.115. The summed E-state index contributed by atoms with van der Waals surface area (Å²) in [5.74, 6) is 0.146. The smallest absolute Gasteiger partial charge is 0.245 e. The van der Waals surface area contributed by atoms with Crippen molar-refractivity contribution in [2.24, 2.45) is 0 Å². The van der Waals surface area contributed by atoms with Crippen LogP contribution in [0.15, 0.2) is 41.0 Å². The Kier molecular flexibility index (Phi) is 4.61. The van der Waals surface area contributed by atoms with Gasteiger partial charge in [0.25, 0.3) is 0 Å². The van der Waals surface area contributed by atoms with Gasteiger partial charge in [0.05, 0.1) is 6.54 Å². The number of anilines is 2. The van der Waals surface area contributed by atoms with Gasteiger partial charge in [-0.15, -0.1) is 0 Å². The Morgan fingerprint density at radius 1 is 1.43 bits per heavy atom. The second-order valence-electron chi connectivity index (χ2n) is 5.70. The molecule has 2 heterocycles. The van der Waals surface area contributed by atoms with E-state index in [-0.39, 0.29) is 24.3 Å². The number of aryl methyl sites for hydroxylation is 1. The number of amides is 1. The fourth-order valence-corrected chi connectivity index (χ4v) is 3.05. The Balaban J connectivity index is 1.74. The van der Waals surface area contributed by atoms with Crippen LogP contribution in [0, 0.1) is 5.82 Å². The van der Waals surface area contributed by atoms with Crippen LogP contribution in [0.4, 0.5) is 15.9 Å². The van der Waals surface area contributed by atoms with Crippen LogP contribution in [0.25, 0.3) is 0 Å². The van der Waals surface area contributed by atoms with Crippen LogP contribution in [0.1, 0.15) is 18.9 Å². The molecule has 1 aliphatic heterocycles. The van der Waals surface area contributed by atoms with Crippen molar-refractivity contribution < 1.29 is 9.18 Å². The van der Waals surface area contributed by atoms with Crippen molar-refractivity contribution >= 4 is 33.3 Å². The molecule has 0 fully saturated rings. The van der Waals surface area contributed by atoms with Crippen molar-refractivity contribution in [2.45, 2.75) is 25.8 Å². The molecule has 1 aromatic heterocycles. The number of nitrogens with one attached hydrogen (secondary N) is 1. The van der Waals surface area contributed by atoms with Crippen molar-refractivity contribution in [3.63, 3.8) is 0 Å². The van der Waals surface area contributed by atoms with Gasteiger partial charge in [0.1, 0.15) is 11.6 Å². The fraction of sp³-hybridized carbons (Fsp3) is 0.294. The van der Waals surface area contributed by atoms with E-state index in [9.17, 15) is 9.18 Å². The average Bonchev–Trinajstić information content (AvgIpc) is 2.52. The van der Waals surface area contributed by atoms with Gasteiger partial charge < -0.3 is 10.2 Å². The summed E-state index contributed by atoms with van der Waals surface area (Å²) < 4.78 is 14.2. The van der Waals surface area contributed by atoms with Crippen molar-refractivity contribution in [3.8, 4) is 0 Å². The maximum absolute atomic E-state index is 13.4. The Labute approximate surface area is 142 Å². The number of rotatable bonds is 3. The van der Waals surface area contributed by atoms with E-state index in [0.29, 0.717) is 5.82 Å². The number of hydrogen-bond donors (Lipinski definition) is 1. The molecule has 3 rings (SSSR count). The highest BCUT2D eigenvalue weighted by molar-refractivity contribution is 9.10. The van der Waals surface area contributed by atoms with Gasteiger partial charge in [0, 0.05) is 22.4 Å². The van der Waals surface area contributed by atoms with Crippen LogP contribution >= 0.6 is 15.9 Å². The predicted octanol–water partition coefficient (Wildman–Crippen LogP) is 3.76. The van der Waals surface area contributed by atoms with E-state index in [1.54, 1.807) is 24.4 Å². The third kappa shape index (κ3) is 3.69. The highest BCUT2D eigenvalue weighted by Gasteiger charge is 2.25. The Hall–Kier alpha value is -1.95. The number of aromatic nitrogens is 1. The zero-order valence-corrected chi connectivity index (χ0v) is 14.3. The number of fused-ring (bicyclic) bond motifs is 1. The summed E-state index contributed by atoms with van der Waals surface area (Å²) >= 11 is 3.31. The summed E-state index contributed by atoms with van der Waals surface area (Å²) in [6.07, 6.45) is 3.37. The maximum atomic E-state index is 13.4. The SMILES string of the molecule is CC1CCc2cc(F)ccc2N1CC(=O)Nc1ccc(Br)cn1. The minimum absolute atomic E-state index is 0.135. The van der Waals surface area contributed by atoms with Gasteiger partial charge in [-0.1, -0.05) is 0 Å². The van der Waals surface area contributed by atoms with Gasteiger partial charge in [-0.25, -0.2) is 9.37 Å². The van der Waals surface area contributed by atoms with Gasteiger partial charge >= 0.3 is 0 Å². The van der Waals surface area contributed by atoms with Crippen LogP contribution in [-0.2, 0) is 11.2 Å². The summed E-state index contributed by atoms with van der Waals surface area (Å²) in [4.78, 5) is 18.5. The molecule has 0 bridgehead atoms. The molecule has 0 spiro atoms. The lowest BCUT2D eigenvalue weighted by atomic mass is 9.96. The number of pyridine rings is 1. The Bertz CT molecular complexity index is 720. The molecule has 0 saturated carbocycles. The summed E-state index contributed by atoms with van der Waals surface area (Å²) in [6, 6.07) is 8.55. The summed E-state index contributed by atoms with van der Waals surface area (Å²) in [7, 11) is 0. The molecule has 0 aliphatic carbocycles. The topological polar surface area (TPSA) is 45.2 Å². The predicted molar refractivity (Wildman–Crippen MR) is 92.1 cm³/mol. The molecule has 1 aromatic carbocycles. The van der Waals surface area contributed by atoms with Crippen molar-refractivity contribution in [1.82, 2.24) is 4.98 Å². The number of hydrogen-bond acceptors (Lipinski definition) is 3. The van der Waals surface area contributed by atoms with E-state index >= 15 is 0 Å². The Morgan fingerprint density at radius 2 is 2.26 bits per heavy atom. The first kappa shape index (κ1) is 15.9. The number of carbonyl (C=O) groups excluding carboxylic acids is 1. The molecule has 1 N–H and O–H groups in total. The second kappa shape index (κ2) is 6.66. The second-order valence-corrected chi connectivity index (χ2v) is 6.61. The van der Waals surface area contributed by atoms with E-state index in [1.165, 1.54) is 6.07 Å². The molecule has 0 saturated heterocycles. The minimum atomic E-state index is -0.234. The van der Waals surface area contributed by atoms with Crippen LogP contribution in [0.2, 0.25) is 0 Å². The monoisotopic (exact) mass is 377 g/mol. The number of halogens is 2. The van der Waals surface area contributed by atoms with Gasteiger partial charge in [-0.05, 0) is 71.6 Å². The molecule has 0 radical (unpaired) electrons. The molecular weight excluding hydrogens is 361 g/mol. The normalized spacial score (nSPS) is 16.8. The number of benzene rings is 1. The molecule has 1 atom stereocenters. The van der Waals surface area contributed by atoms with Gasteiger partial charge in [-0.3, -0.25) is 4.79 Å². The zero-order chi connectivity index (χ0) is 16.4. The molecule has 1 unspecified atom stereocenters. The van der Waals surface area contributed by atoms with E-state index in [4.69, 9.17) is 0 Å². The molecule has 23 heavy (non-hydrogen) atoms. The van der Waals surface area contributed by atoms with E-state index in [2.05, 4.69) is 33.2 Å². The highest BCUT2D eigenvalue weighted by Crippen LogP contribution is 2.31. The van der Waals surface area contributed by atoms with E-state index in [1.807, 2.05) is 11.0 Å².